The molecule has 4 nitrogen and oxygen atoms in total. The minimum Gasteiger partial charge on any atom is -0.343 e. The first-order valence-electron chi connectivity index (χ1n) is 9.88. The van der Waals surface area contributed by atoms with Gasteiger partial charge in [-0.2, -0.15) is 0 Å². The third-order valence-corrected chi connectivity index (χ3v) is 6.03. The van der Waals surface area contributed by atoms with Crippen LogP contribution in [-0.2, 0) is 13.0 Å². The summed E-state index contributed by atoms with van der Waals surface area (Å²) in [7, 11) is 0. The van der Waals surface area contributed by atoms with E-state index in [0.717, 1.165) is 55.7 Å². The number of benzene rings is 1. The second-order valence-corrected chi connectivity index (χ2v) is 8.40. The Bertz CT molecular complexity index is 900. The summed E-state index contributed by atoms with van der Waals surface area (Å²) in [5.74, 6) is 0.152. The molecule has 138 valence electrons. The molecule has 4 heteroatoms. The molecule has 0 fully saturated rings. The van der Waals surface area contributed by atoms with E-state index in [9.17, 15) is 4.79 Å². The lowest BCUT2D eigenvalue weighted by molar-refractivity contribution is 0.100. The normalized spacial score (nSPS) is 18.3. The number of carbonyl (C=O) groups excluding carboxylic acids is 1. The molecule has 1 aliphatic carbocycles. The first-order chi connectivity index (χ1) is 12.4. The van der Waals surface area contributed by atoms with E-state index in [1.54, 1.807) is 0 Å². The lowest BCUT2D eigenvalue weighted by Gasteiger charge is -2.32. The highest BCUT2D eigenvalue weighted by Gasteiger charge is 2.36. The summed E-state index contributed by atoms with van der Waals surface area (Å²) in [6.45, 7) is 13.5. The van der Waals surface area contributed by atoms with Gasteiger partial charge in [-0.25, -0.2) is 0 Å². The molecule has 1 aromatic carbocycles. The Morgan fingerprint density at radius 3 is 2.69 bits per heavy atom. The van der Waals surface area contributed by atoms with Crippen LogP contribution in [0.1, 0.15) is 55.7 Å². The highest BCUT2D eigenvalue weighted by Crippen LogP contribution is 2.42. The maximum atomic E-state index is 12.7. The first kappa shape index (κ1) is 17.5. The van der Waals surface area contributed by atoms with Crippen LogP contribution in [0, 0.1) is 5.41 Å². The average Bonchev–Trinajstić information content (AvgIpc) is 2.84. The highest BCUT2D eigenvalue weighted by molar-refractivity contribution is 6.22. The van der Waals surface area contributed by atoms with Crippen molar-refractivity contribution in [3.63, 3.8) is 0 Å². The van der Waals surface area contributed by atoms with E-state index >= 15 is 0 Å². The summed E-state index contributed by atoms with van der Waals surface area (Å²) < 4.78 is 2.47. The molecule has 0 radical (unpaired) electrons. The number of Topliss-reactive ketones (excluding diaryl/α,β-unsaturated/α-hetero) is 1. The molecule has 0 saturated heterocycles. The average molecular weight is 351 g/mol. The number of carbonyl (C=O) groups is 1. The van der Waals surface area contributed by atoms with Crippen LogP contribution < -0.4 is 0 Å². The third-order valence-electron chi connectivity index (χ3n) is 6.03. The molecule has 0 spiro atoms. The van der Waals surface area contributed by atoms with Gasteiger partial charge in [0, 0.05) is 46.5 Å². The molecule has 26 heavy (non-hydrogen) atoms. The Hall–Kier alpha value is -1.94. The van der Waals surface area contributed by atoms with Crippen molar-refractivity contribution in [3.05, 3.63) is 35.0 Å². The summed E-state index contributed by atoms with van der Waals surface area (Å²) in [6.07, 6.45) is 2.00. The molecule has 1 aliphatic heterocycles. The maximum Gasteiger partial charge on any atom is 0.184 e. The van der Waals surface area contributed by atoms with Gasteiger partial charge in [0.2, 0.25) is 0 Å². The molecule has 0 N–H and O–H groups in total. The van der Waals surface area contributed by atoms with Gasteiger partial charge in [-0.3, -0.25) is 9.79 Å². The highest BCUT2D eigenvalue weighted by atomic mass is 16.1. The number of likely N-dealkylation sites (N-methyl/N-ethyl adjacent to an activating group) is 1. The van der Waals surface area contributed by atoms with Crippen molar-refractivity contribution in [1.29, 1.82) is 0 Å². The summed E-state index contributed by atoms with van der Waals surface area (Å²) >= 11 is 0. The molecular formula is C22H29N3O. The van der Waals surface area contributed by atoms with Gasteiger partial charge in [0.25, 0.3) is 0 Å². The number of hydrogen-bond donors (Lipinski definition) is 0. The molecular weight excluding hydrogens is 322 g/mol. The SMILES string of the molecule is CCN(CC)CCn1c2c3c4c(cccc41)C(=O)CN=C3CC(C)(C)C2. The van der Waals surface area contributed by atoms with Crippen LogP contribution in [0.3, 0.4) is 0 Å². The quantitative estimate of drug-likeness (QED) is 0.818. The van der Waals surface area contributed by atoms with E-state index in [4.69, 9.17) is 4.99 Å². The zero-order valence-corrected chi connectivity index (χ0v) is 16.4. The Morgan fingerprint density at radius 1 is 1.19 bits per heavy atom. The Morgan fingerprint density at radius 2 is 1.96 bits per heavy atom. The summed E-state index contributed by atoms with van der Waals surface area (Å²) in [6, 6.07) is 6.20. The largest absolute Gasteiger partial charge is 0.343 e. The zero-order chi connectivity index (χ0) is 18.5. The molecule has 4 rings (SSSR count). The minimum atomic E-state index is 0.152. The van der Waals surface area contributed by atoms with Gasteiger partial charge in [0.15, 0.2) is 5.78 Å². The first-order valence-corrected chi connectivity index (χ1v) is 9.88. The molecule has 1 aromatic heterocycles. The van der Waals surface area contributed by atoms with E-state index in [-0.39, 0.29) is 17.7 Å². The van der Waals surface area contributed by atoms with Crippen molar-refractivity contribution < 1.29 is 4.79 Å². The molecule has 2 aliphatic rings. The van der Waals surface area contributed by atoms with Gasteiger partial charge in [-0.15, -0.1) is 0 Å². The van der Waals surface area contributed by atoms with Crippen molar-refractivity contribution in [3.8, 4) is 0 Å². The van der Waals surface area contributed by atoms with Crippen LogP contribution in [0.15, 0.2) is 23.2 Å². The predicted octanol–water partition coefficient (Wildman–Crippen LogP) is 3.94. The summed E-state index contributed by atoms with van der Waals surface area (Å²) in [5.41, 5.74) is 6.03. The van der Waals surface area contributed by atoms with Gasteiger partial charge in [0.1, 0.15) is 6.54 Å². The van der Waals surface area contributed by atoms with Crippen LogP contribution in [0.2, 0.25) is 0 Å². The Kier molecular flexibility index (Phi) is 4.26. The number of aromatic nitrogens is 1. The topological polar surface area (TPSA) is 37.6 Å². The number of rotatable bonds is 5. The van der Waals surface area contributed by atoms with E-state index in [1.165, 1.54) is 16.8 Å². The maximum absolute atomic E-state index is 12.7. The van der Waals surface area contributed by atoms with Crippen molar-refractivity contribution in [1.82, 2.24) is 9.47 Å². The van der Waals surface area contributed by atoms with Crippen LogP contribution in [-0.4, -0.2) is 47.1 Å². The fraction of sp³-hybridized carbons (Fsp3) is 0.545. The van der Waals surface area contributed by atoms with E-state index in [2.05, 4.69) is 43.2 Å². The predicted molar refractivity (Wildman–Crippen MR) is 108 cm³/mol. The monoisotopic (exact) mass is 351 g/mol. The van der Waals surface area contributed by atoms with Crippen LogP contribution in [0.25, 0.3) is 10.9 Å². The van der Waals surface area contributed by atoms with Gasteiger partial charge in [-0.1, -0.05) is 39.8 Å². The van der Waals surface area contributed by atoms with Crippen molar-refractivity contribution in [2.45, 2.75) is 47.1 Å². The smallest absolute Gasteiger partial charge is 0.184 e. The number of nitrogens with zero attached hydrogens (tertiary/aromatic N) is 3. The van der Waals surface area contributed by atoms with Crippen molar-refractivity contribution in [2.24, 2.45) is 10.4 Å². The van der Waals surface area contributed by atoms with Crippen molar-refractivity contribution >= 4 is 22.4 Å². The van der Waals surface area contributed by atoms with E-state index < -0.39 is 0 Å². The lowest BCUT2D eigenvalue weighted by atomic mass is 9.75. The molecule has 0 saturated carbocycles. The second kappa shape index (κ2) is 6.34. The van der Waals surface area contributed by atoms with E-state index in [0.29, 0.717) is 0 Å². The fourth-order valence-electron chi connectivity index (χ4n) is 4.66. The van der Waals surface area contributed by atoms with Gasteiger partial charge < -0.3 is 9.47 Å². The summed E-state index contributed by atoms with van der Waals surface area (Å²) in [5, 5.41) is 1.15. The summed E-state index contributed by atoms with van der Waals surface area (Å²) in [4.78, 5) is 19.9. The standard InChI is InChI=1S/C22H29N3O/c1-5-24(6-2)10-11-25-17-9-7-8-15-19(26)14-23-16-12-22(3,4)13-18(25)21(16)20(15)17/h7-9H,5-6,10-14H2,1-4H3. The second-order valence-electron chi connectivity index (χ2n) is 8.40. The van der Waals surface area contributed by atoms with Gasteiger partial charge in [0.05, 0.1) is 0 Å². The number of ketones is 1. The Labute approximate surface area is 155 Å². The lowest BCUT2D eigenvalue weighted by Crippen LogP contribution is -2.31. The number of hydrogen-bond acceptors (Lipinski definition) is 3. The molecule has 0 atom stereocenters. The van der Waals surface area contributed by atoms with Crippen LogP contribution >= 0.6 is 0 Å². The van der Waals surface area contributed by atoms with Gasteiger partial charge in [-0.05, 0) is 37.4 Å². The molecule has 2 aromatic rings. The minimum absolute atomic E-state index is 0.152. The van der Waals surface area contributed by atoms with Gasteiger partial charge >= 0.3 is 0 Å². The molecule has 0 amide bonds. The Balaban J connectivity index is 1.93. The van der Waals surface area contributed by atoms with Crippen molar-refractivity contribution in [2.75, 3.05) is 26.2 Å². The molecule has 0 unspecified atom stereocenters. The number of aliphatic imine (C=N–C) groups is 1. The molecule has 0 bridgehead atoms. The van der Waals surface area contributed by atoms with Crippen LogP contribution in [0.4, 0.5) is 0 Å². The van der Waals surface area contributed by atoms with E-state index in [1.807, 2.05) is 12.1 Å². The molecule has 2 heterocycles. The fourth-order valence-corrected chi connectivity index (χ4v) is 4.66. The third kappa shape index (κ3) is 2.71. The zero-order valence-electron chi connectivity index (χ0n) is 16.4. The van der Waals surface area contributed by atoms with Crippen LogP contribution in [0.5, 0.6) is 0 Å².